The van der Waals surface area contributed by atoms with Crippen molar-refractivity contribution in [3.63, 3.8) is 0 Å². The first kappa shape index (κ1) is 11.9. The zero-order chi connectivity index (χ0) is 11.5. The topological polar surface area (TPSA) is 40.5 Å². The number of likely N-dealkylation sites (tertiary alicyclic amines) is 1. The van der Waals surface area contributed by atoms with Crippen LogP contribution in [0.25, 0.3) is 0 Å². The molecule has 2 aliphatic rings. The van der Waals surface area contributed by atoms with Crippen LogP contribution in [-0.4, -0.2) is 34.6 Å². The van der Waals surface area contributed by atoms with Crippen LogP contribution in [0.4, 0.5) is 0 Å². The molecule has 0 bridgehead atoms. The van der Waals surface area contributed by atoms with Crippen molar-refractivity contribution in [3.05, 3.63) is 0 Å². The van der Waals surface area contributed by atoms with Crippen LogP contribution < -0.4 is 0 Å². The smallest absolute Gasteiger partial charge is 0.303 e. The van der Waals surface area contributed by atoms with Gasteiger partial charge >= 0.3 is 5.97 Å². The Balaban J connectivity index is 1.86. The van der Waals surface area contributed by atoms with Gasteiger partial charge in [-0.3, -0.25) is 9.69 Å². The van der Waals surface area contributed by atoms with E-state index in [4.69, 9.17) is 5.11 Å². The molecular weight excluding hydrogens is 202 g/mol. The Morgan fingerprint density at radius 3 is 2.88 bits per heavy atom. The number of fused-ring (bicyclic) bond motifs is 1. The fourth-order valence-corrected chi connectivity index (χ4v) is 3.49. The van der Waals surface area contributed by atoms with Crippen LogP contribution in [0.15, 0.2) is 0 Å². The van der Waals surface area contributed by atoms with Gasteiger partial charge in [-0.1, -0.05) is 12.8 Å². The van der Waals surface area contributed by atoms with Gasteiger partial charge in [0.2, 0.25) is 0 Å². The monoisotopic (exact) mass is 225 g/mol. The van der Waals surface area contributed by atoms with Crippen molar-refractivity contribution in [1.29, 1.82) is 0 Å². The normalized spacial score (nSPS) is 32.3. The van der Waals surface area contributed by atoms with Crippen molar-refractivity contribution in [2.75, 3.05) is 6.54 Å². The number of hydrogen-bond acceptors (Lipinski definition) is 2. The van der Waals surface area contributed by atoms with E-state index in [1.54, 1.807) is 0 Å². The van der Waals surface area contributed by atoms with Crippen molar-refractivity contribution in [2.45, 2.75) is 64.0 Å². The summed E-state index contributed by atoms with van der Waals surface area (Å²) >= 11 is 0. The average molecular weight is 225 g/mol. The molecule has 3 atom stereocenters. The molecule has 0 aromatic carbocycles. The Kier molecular flexibility index (Phi) is 3.85. The van der Waals surface area contributed by atoms with Gasteiger partial charge in [0.25, 0.3) is 0 Å². The quantitative estimate of drug-likeness (QED) is 0.799. The molecule has 16 heavy (non-hydrogen) atoms. The Morgan fingerprint density at radius 1 is 1.38 bits per heavy atom. The lowest BCUT2D eigenvalue weighted by molar-refractivity contribution is -0.137. The zero-order valence-electron chi connectivity index (χ0n) is 10.2. The summed E-state index contributed by atoms with van der Waals surface area (Å²) < 4.78 is 0. The van der Waals surface area contributed by atoms with E-state index < -0.39 is 5.97 Å². The molecule has 1 saturated heterocycles. The molecule has 0 aromatic heterocycles. The van der Waals surface area contributed by atoms with Crippen molar-refractivity contribution in [2.24, 2.45) is 5.92 Å². The third kappa shape index (κ3) is 2.57. The fraction of sp³-hybridized carbons (Fsp3) is 0.923. The van der Waals surface area contributed by atoms with E-state index in [9.17, 15) is 4.79 Å². The molecule has 92 valence electrons. The minimum atomic E-state index is -0.661. The largest absolute Gasteiger partial charge is 0.481 e. The first-order chi connectivity index (χ1) is 7.68. The van der Waals surface area contributed by atoms with Gasteiger partial charge in [0, 0.05) is 18.5 Å². The Hall–Kier alpha value is -0.570. The van der Waals surface area contributed by atoms with E-state index in [1.807, 2.05) is 0 Å². The lowest BCUT2D eigenvalue weighted by Crippen LogP contribution is -2.40. The number of aliphatic carboxylic acids is 1. The number of carbonyl (C=O) groups is 1. The summed E-state index contributed by atoms with van der Waals surface area (Å²) in [5, 5.41) is 8.72. The van der Waals surface area contributed by atoms with Crippen LogP contribution in [-0.2, 0) is 4.79 Å². The van der Waals surface area contributed by atoms with E-state index in [-0.39, 0.29) is 0 Å². The van der Waals surface area contributed by atoms with Gasteiger partial charge in [0.15, 0.2) is 0 Å². The highest BCUT2D eigenvalue weighted by Gasteiger charge is 2.37. The highest BCUT2D eigenvalue weighted by molar-refractivity contribution is 5.66. The molecular formula is C13H23NO2. The SMILES string of the molecule is CC(CCC(=O)O)N1CCC2CCCCC21. The summed E-state index contributed by atoms with van der Waals surface area (Å²) in [5.74, 6) is 0.243. The lowest BCUT2D eigenvalue weighted by atomic mass is 9.85. The molecule has 2 fully saturated rings. The first-order valence-electron chi connectivity index (χ1n) is 6.66. The standard InChI is InChI=1S/C13H23NO2/c1-10(6-7-13(15)16)14-9-8-11-4-2-3-5-12(11)14/h10-12H,2-9H2,1H3,(H,15,16). The Morgan fingerprint density at radius 2 is 2.12 bits per heavy atom. The Labute approximate surface area is 97.8 Å². The van der Waals surface area contributed by atoms with Crippen LogP contribution in [0.2, 0.25) is 0 Å². The molecule has 0 aromatic rings. The molecule has 2 rings (SSSR count). The van der Waals surface area contributed by atoms with Crippen LogP contribution in [0.1, 0.15) is 51.9 Å². The van der Waals surface area contributed by atoms with E-state index in [2.05, 4.69) is 11.8 Å². The second kappa shape index (κ2) is 5.17. The molecule has 1 saturated carbocycles. The van der Waals surface area contributed by atoms with Gasteiger partial charge in [-0.15, -0.1) is 0 Å². The van der Waals surface area contributed by atoms with Gasteiger partial charge in [0.1, 0.15) is 0 Å². The zero-order valence-corrected chi connectivity index (χ0v) is 10.2. The number of carboxylic acid groups (broad SMARTS) is 1. The van der Waals surface area contributed by atoms with Crippen molar-refractivity contribution in [3.8, 4) is 0 Å². The second-order valence-electron chi connectivity index (χ2n) is 5.42. The number of nitrogens with zero attached hydrogens (tertiary/aromatic N) is 1. The summed E-state index contributed by atoms with van der Waals surface area (Å²) in [7, 11) is 0. The Bertz CT molecular complexity index is 254. The van der Waals surface area contributed by atoms with Crippen LogP contribution >= 0.6 is 0 Å². The molecule has 3 nitrogen and oxygen atoms in total. The third-order valence-corrected chi connectivity index (χ3v) is 4.40. The van der Waals surface area contributed by atoms with E-state index >= 15 is 0 Å². The minimum Gasteiger partial charge on any atom is -0.481 e. The highest BCUT2D eigenvalue weighted by atomic mass is 16.4. The number of carboxylic acids is 1. The maximum absolute atomic E-state index is 10.6. The van der Waals surface area contributed by atoms with E-state index in [1.165, 1.54) is 38.6 Å². The predicted octanol–water partition coefficient (Wildman–Crippen LogP) is 2.50. The van der Waals surface area contributed by atoms with Gasteiger partial charge in [0.05, 0.1) is 0 Å². The van der Waals surface area contributed by atoms with E-state index in [0.717, 1.165) is 18.4 Å². The summed E-state index contributed by atoms with van der Waals surface area (Å²) in [6.07, 6.45) is 7.95. The van der Waals surface area contributed by atoms with Gasteiger partial charge in [-0.25, -0.2) is 0 Å². The fourth-order valence-electron chi connectivity index (χ4n) is 3.49. The summed E-state index contributed by atoms with van der Waals surface area (Å²) in [6, 6.07) is 1.21. The maximum atomic E-state index is 10.6. The minimum absolute atomic E-state index is 0.315. The third-order valence-electron chi connectivity index (χ3n) is 4.40. The summed E-state index contributed by atoms with van der Waals surface area (Å²) in [5.41, 5.74) is 0. The van der Waals surface area contributed by atoms with Crippen LogP contribution in [0, 0.1) is 5.92 Å². The maximum Gasteiger partial charge on any atom is 0.303 e. The molecule has 1 aliphatic carbocycles. The van der Waals surface area contributed by atoms with Gasteiger partial charge < -0.3 is 5.11 Å². The van der Waals surface area contributed by atoms with Crippen molar-refractivity contribution >= 4 is 5.97 Å². The molecule has 0 amide bonds. The summed E-state index contributed by atoms with van der Waals surface area (Å²) in [4.78, 5) is 13.2. The number of hydrogen-bond donors (Lipinski definition) is 1. The predicted molar refractivity (Wildman–Crippen MR) is 63.4 cm³/mol. The molecule has 0 radical (unpaired) electrons. The second-order valence-corrected chi connectivity index (χ2v) is 5.42. The van der Waals surface area contributed by atoms with Gasteiger partial charge in [-0.2, -0.15) is 0 Å². The average Bonchev–Trinajstić information content (AvgIpc) is 2.69. The van der Waals surface area contributed by atoms with Gasteiger partial charge in [-0.05, 0) is 45.1 Å². The molecule has 1 N–H and O–H groups in total. The highest BCUT2D eigenvalue weighted by Crippen LogP contribution is 2.37. The molecule has 3 unspecified atom stereocenters. The number of rotatable bonds is 4. The molecule has 3 heteroatoms. The molecule has 1 heterocycles. The molecule has 0 spiro atoms. The van der Waals surface area contributed by atoms with Crippen molar-refractivity contribution in [1.82, 2.24) is 4.90 Å². The van der Waals surface area contributed by atoms with Crippen molar-refractivity contribution < 1.29 is 9.90 Å². The van der Waals surface area contributed by atoms with Crippen LogP contribution in [0.5, 0.6) is 0 Å². The first-order valence-corrected chi connectivity index (χ1v) is 6.66. The molecule has 1 aliphatic heterocycles. The van der Waals surface area contributed by atoms with Crippen LogP contribution in [0.3, 0.4) is 0 Å². The summed E-state index contributed by atoms with van der Waals surface area (Å²) in [6.45, 7) is 3.38. The lowest BCUT2D eigenvalue weighted by Gasteiger charge is -2.35. The van der Waals surface area contributed by atoms with E-state index in [0.29, 0.717) is 12.5 Å².